The number of rotatable bonds is 7. The molecule has 4 unspecified atom stereocenters. The average molecular weight is 501 g/mol. The lowest BCUT2D eigenvalue weighted by molar-refractivity contribution is -0.0561. The van der Waals surface area contributed by atoms with E-state index in [-0.39, 0.29) is 6.10 Å². The lowest BCUT2D eigenvalue weighted by Gasteiger charge is -2.58. The Morgan fingerprint density at radius 1 is 1.15 bits per heavy atom. The molecule has 4 rings (SSSR count). The molecule has 0 saturated heterocycles. The van der Waals surface area contributed by atoms with Crippen LogP contribution in [0.2, 0.25) is 0 Å². The van der Waals surface area contributed by atoms with Gasteiger partial charge in [-0.2, -0.15) is 0 Å². The van der Waals surface area contributed by atoms with E-state index in [1.54, 1.807) is 5.57 Å². The second-order valence-electron chi connectivity index (χ2n) is 13.0. The van der Waals surface area contributed by atoms with E-state index in [0.29, 0.717) is 21.0 Å². The standard InChI is InChI=1S/C31H48OS2/c1-7-19-34-29(33)32-24-15-17-30(5)23(20-24)11-12-25-27-14-13-26(22(4)10-8-9-21(2)3)31(27,6)18-16-28(25)30/h1,11,21-22,24-28H,8-10,12-20H2,2-6H3/t22-,24?,25?,26-,27?,28?,30+,31-/m1/s1. The SMILES string of the molecule is C#CCSC(=S)OC1CC[C@@]2(C)C(=CCC3C2CC[C@@]2(C)C3CC[C@@H]2[C@H](C)CCCC(C)C)C1. The van der Waals surface area contributed by atoms with Crippen molar-refractivity contribution in [1.29, 1.82) is 0 Å². The maximum absolute atomic E-state index is 6.15. The summed E-state index contributed by atoms with van der Waals surface area (Å²) >= 11 is 6.92. The van der Waals surface area contributed by atoms with Gasteiger partial charge in [-0.3, -0.25) is 0 Å². The summed E-state index contributed by atoms with van der Waals surface area (Å²) in [4.78, 5) is 0. The smallest absolute Gasteiger partial charge is 0.221 e. The van der Waals surface area contributed by atoms with Crippen LogP contribution in [0, 0.1) is 58.7 Å². The van der Waals surface area contributed by atoms with Crippen molar-refractivity contribution < 1.29 is 4.74 Å². The molecule has 0 aromatic heterocycles. The van der Waals surface area contributed by atoms with E-state index < -0.39 is 0 Å². The van der Waals surface area contributed by atoms with Gasteiger partial charge in [-0.25, -0.2) is 0 Å². The molecule has 1 nitrogen and oxygen atoms in total. The van der Waals surface area contributed by atoms with Crippen LogP contribution in [-0.2, 0) is 4.74 Å². The van der Waals surface area contributed by atoms with Gasteiger partial charge in [0.05, 0.1) is 5.75 Å². The Morgan fingerprint density at radius 2 is 1.94 bits per heavy atom. The maximum Gasteiger partial charge on any atom is 0.221 e. The van der Waals surface area contributed by atoms with Crippen LogP contribution in [0.4, 0.5) is 0 Å². The molecule has 0 N–H and O–H groups in total. The van der Waals surface area contributed by atoms with E-state index in [9.17, 15) is 0 Å². The first-order valence-corrected chi connectivity index (χ1v) is 15.5. The number of thiocarbonyl (C=S) groups is 1. The van der Waals surface area contributed by atoms with E-state index >= 15 is 0 Å². The Morgan fingerprint density at radius 3 is 2.68 bits per heavy atom. The third-order valence-corrected chi connectivity index (χ3v) is 11.9. The van der Waals surface area contributed by atoms with Crippen molar-refractivity contribution in [3.63, 3.8) is 0 Å². The summed E-state index contributed by atoms with van der Waals surface area (Å²) in [5.41, 5.74) is 2.62. The van der Waals surface area contributed by atoms with Crippen LogP contribution in [-0.4, -0.2) is 16.2 Å². The predicted octanol–water partition coefficient (Wildman–Crippen LogP) is 9.06. The molecule has 0 spiro atoms. The van der Waals surface area contributed by atoms with Gasteiger partial charge in [0.1, 0.15) is 6.10 Å². The number of allylic oxidation sites excluding steroid dienone is 1. The van der Waals surface area contributed by atoms with Gasteiger partial charge in [-0.1, -0.05) is 83.2 Å². The number of hydrogen-bond acceptors (Lipinski definition) is 3. The van der Waals surface area contributed by atoms with E-state index in [1.807, 2.05) is 0 Å². The van der Waals surface area contributed by atoms with Gasteiger partial charge in [-0.15, -0.1) is 6.42 Å². The number of fused-ring (bicyclic) bond motifs is 5. The summed E-state index contributed by atoms with van der Waals surface area (Å²) in [6.45, 7) is 12.6. The second-order valence-corrected chi connectivity index (χ2v) is 14.6. The summed E-state index contributed by atoms with van der Waals surface area (Å²) in [5.74, 6) is 8.61. The lowest BCUT2D eigenvalue weighted by atomic mass is 9.47. The van der Waals surface area contributed by atoms with E-state index in [4.69, 9.17) is 23.4 Å². The van der Waals surface area contributed by atoms with Crippen LogP contribution in [0.15, 0.2) is 11.6 Å². The van der Waals surface area contributed by atoms with Crippen LogP contribution >= 0.6 is 24.0 Å². The molecule has 0 bridgehead atoms. The fraction of sp³-hybridized carbons (Fsp3) is 0.839. The Balaban J connectivity index is 1.42. The van der Waals surface area contributed by atoms with Gasteiger partial charge in [0.15, 0.2) is 0 Å². The molecule has 0 amide bonds. The lowest BCUT2D eigenvalue weighted by Crippen LogP contribution is -2.51. The summed E-state index contributed by atoms with van der Waals surface area (Å²) in [6, 6.07) is 0. The quantitative estimate of drug-likeness (QED) is 0.196. The third kappa shape index (κ3) is 5.16. The Bertz CT molecular complexity index is 809. The van der Waals surface area contributed by atoms with Gasteiger partial charge < -0.3 is 4.74 Å². The highest BCUT2D eigenvalue weighted by Gasteiger charge is 2.59. The van der Waals surface area contributed by atoms with Crippen LogP contribution in [0.1, 0.15) is 105 Å². The first-order valence-electron chi connectivity index (χ1n) is 14.2. The van der Waals surface area contributed by atoms with Crippen molar-refractivity contribution in [3.05, 3.63) is 11.6 Å². The van der Waals surface area contributed by atoms with E-state index in [2.05, 4.69) is 46.6 Å². The summed E-state index contributed by atoms with van der Waals surface area (Å²) in [6.07, 6.45) is 23.1. The predicted molar refractivity (Wildman–Crippen MR) is 152 cm³/mol. The van der Waals surface area contributed by atoms with Gasteiger partial charge in [0.25, 0.3) is 0 Å². The molecule has 190 valence electrons. The molecule has 4 aliphatic rings. The van der Waals surface area contributed by atoms with Gasteiger partial charge >= 0.3 is 0 Å². The molecule has 0 aromatic carbocycles. The molecule has 0 heterocycles. The molecule has 8 atom stereocenters. The van der Waals surface area contributed by atoms with E-state index in [1.165, 1.54) is 69.5 Å². The third-order valence-electron chi connectivity index (χ3n) is 10.8. The highest BCUT2D eigenvalue weighted by atomic mass is 32.2. The fourth-order valence-electron chi connectivity index (χ4n) is 9.02. The summed E-state index contributed by atoms with van der Waals surface area (Å²) in [7, 11) is 0. The molecule has 3 fully saturated rings. The van der Waals surface area contributed by atoms with Crippen LogP contribution in [0.5, 0.6) is 0 Å². The van der Waals surface area contributed by atoms with Crippen molar-refractivity contribution >= 4 is 28.4 Å². The molecule has 3 heteroatoms. The van der Waals surface area contributed by atoms with Gasteiger partial charge in [0.2, 0.25) is 4.38 Å². The first kappa shape index (κ1) is 26.6. The highest BCUT2D eigenvalue weighted by Crippen LogP contribution is 2.67. The van der Waals surface area contributed by atoms with Crippen LogP contribution in [0.3, 0.4) is 0 Å². The zero-order valence-electron chi connectivity index (χ0n) is 22.4. The van der Waals surface area contributed by atoms with Crippen molar-refractivity contribution in [1.82, 2.24) is 0 Å². The number of thioether (sulfide) groups is 1. The van der Waals surface area contributed by atoms with Crippen molar-refractivity contribution in [3.8, 4) is 12.3 Å². The number of ether oxygens (including phenoxy) is 1. The van der Waals surface area contributed by atoms with E-state index in [0.717, 1.165) is 48.3 Å². The Kier molecular flexibility index (Phi) is 8.51. The molecule has 3 saturated carbocycles. The molecular weight excluding hydrogens is 452 g/mol. The Hall–Kier alpha value is -0.460. The van der Waals surface area contributed by atoms with Crippen molar-refractivity contribution in [2.75, 3.05) is 5.75 Å². The zero-order valence-corrected chi connectivity index (χ0v) is 24.0. The summed E-state index contributed by atoms with van der Waals surface area (Å²) < 4.78 is 6.79. The van der Waals surface area contributed by atoms with Crippen molar-refractivity contribution in [2.24, 2.45) is 46.3 Å². The summed E-state index contributed by atoms with van der Waals surface area (Å²) in [5, 5.41) is 0. The molecule has 0 radical (unpaired) electrons. The van der Waals surface area contributed by atoms with Gasteiger partial charge in [0, 0.05) is 6.42 Å². The monoisotopic (exact) mass is 500 g/mol. The minimum Gasteiger partial charge on any atom is -0.475 e. The highest BCUT2D eigenvalue weighted by molar-refractivity contribution is 8.22. The van der Waals surface area contributed by atoms with Crippen molar-refractivity contribution in [2.45, 2.75) is 111 Å². The van der Waals surface area contributed by atoms with Crippen LogP contribution in [0.25, 0.3) is 0 Å². The fourth-order valence-corrected chi connectivity index (χ4v) is 9.74. The molecule has 34 heavy (non-hydrogen) atoms. The number of terminal acetylenes is 1. The minimum absolute atomic E-state index is 0.241. The largest absolute Gasteiger partial charge is 0.475 e. The molecular formula is C31H48OS2. The average Bonchev–Trinajstić information content (AvgIpc) is 3.15. The zero-order chi connectivity index (χ0) is 24.5. The van der Waals surface area contributed by atoms with Crippen LogP contribution < -0.4 is 0 Å². The maximum atomic E-state index is 6.15. The molecule has 0 aromatic rings. The molecule has 4 aliphatic carbocycles. The number of hydrogen-bond donors (Lipinski definition) is 0. The minimum atomic E-state index is 0.241. The normalized spacial score (nSPS) is 39.9. The second kappa shape index (κ2) is 10.9. The topological polar surface area (TPSA) is 9.23 Å². The first-order chi connectivity index (χ1) is 16.2. The molecule has 0 aliphatic heterocycles. The Labute approximate surface area is 220 Å². The van der Waals surface area contributed by atoms with Gasteiger partial charge in [-0.05, 0) is 104 Å².